The van der Waals surface area contributed by atoms with E-state index < -0.39 is 0 Å². The van der Waals surface area contributed by atoms with Gasteiger partial charge in [-0.15, -0.1) is 0 Å². The van der Waals surface area contributed by atoms with E-state index in [0.29, 0.717) is 18.7 Å². The third-order valence-corrected chi connectivity index (χ3v) is 2.77. The van der Waals surface area contributed by atoms with Crippen LogP contribution in [-0.4, -0.2) is 37.0 Å². The molecular weight excluding hydrogens is 242 g/mol. The smallest absolute Gasteiger partial charge is 0.307 e. The molecule has 0 aliphatic rings. The van der Waals surface area contributed by atoms with Crippen molar-refractivity contribution in [3.63, 3.8) is 0 Å². The summed E-state index contributed by atoms with van der Waals surface area (Å²) in [7, 11) is 1.69. The molecule has 0 unspecified atom stereocenters. The molecule has 0 aliphatic heterocycles. The first-order valence-corrected chi connectivity index (χ1v) is 6.43. The highest BCUT2D eigenvalue weighted by Crippen LogP contribution is 2.11. The van der Waals surface area contributed by atoms with Crippen molar-refractivity contribution in [3.05, 3.63) is 34.9 Å². The molecular formula is C15H21NO3. The Bertz CT molecular complexity index is 448. The minimum Gasteiger partial charge on any atom is -0.466 e. The second-order valence-corrected chi connectivity index (χ2v) is 4.66. The van der Waals surface area contributed by atoms with Crippen molar-refractivity contribution in [2.75, 3.05) is 20.2 Å². The van der Waals surface area contributed by atoms with Gasteiger partial charge >= 0.3 is 5.97 Å². The van der Waals surface area contributed by atoms with Crippen LogP contribution in [0.5, 0.6) is 0 Å². The fourth-order valence-corrected chi connectivity index (χ4v) is 1.91. The zero-order chi connectivity index (χ0) is 14.4. The predicted molar refractivity (Wildman–Crippen MR) is 74.1 cm³/mol. The average molecular weight is 263 g/mol. The number of hydrogen-bond donors (Lipinski definition) is 0. The minimum absolute atomic E-state index is 0.0731. The fourth-order valence-electron chi connectivity index (χ4n) is 1.91. The molecule has 0 bridgehead atoms. The lowest BCUT2D eigenvalue weighted by Gasteiger charge is -2.17. The average Bonchev–Trinajstić information content (AvgIpc) is 2.34. The summed E-state index contributed by atoms with van der Waals surface area (Å²) < 4.78 is 4.84. The van der Waals surface area contributed by atoms with Crippen LogP contribution in [0.1, 0.15) is 34.8 Å². The highest BCUT2D eigenvalue weighted by atomic mass is 16.5. The largest absolute Gasteiger partial charge is 0.466 e. The molecule has 0 radical (unpaired) electrons. The van der Waals surface area contributed by atoms with Crippen LogP contribution in [-0.2, 0) is 9.53 Å². The summed E-state index contributed by atoms with van der Waals surface area (Å²) in [4.78, 5) is 25.0. The molecule has 0 saturated heterocycles. The molecule has 4 heteroatoms. The van der Waals surface area contributed by atoms with Gasteiger partial charge in [-0.1, -0.05) is 17.2 Å². The Morgan fingerprint density at radius 2 is 1.74 bits per heavy atom. The van der Waals surface area contributed by atoms with Crippen LogP contribution >= 0.6 is 0 Å². The Hall–Kier alpha value is -1.84. The molecule has 0 aromatic heterocycles. The Morgan fingerprint density at radius 3 is 2.26 bits per heavy atom. The number of ether oxygens (including phenoxy) is 1. The minimum atomic E-state index is -0.275. The number of rotatable bonds is 5. The second-order valence-electron chi connectivity index (χ2n) is 4.66. The van der Waals surface area contributed by atoms with Gasteiger partial charge in [0.1, 0.15) is 0 Å². The number of hydrogen-bond acceptors (Lipinski definition) is 3. The second kappa shape index (κ2) is 6.92. The first kappa shape index (κ1) is 15.2. The van der Waals surface area contributed by atoms with Gasteiger partial charge in [-0.25, -0.2) is 0 Å². The third kappa shape index (κ3) is 4.73. The lowest BCUT2D eigenvalue weighted by atomic mass is 10.1. The van der Waals surface area contributed by atoms with Gasteiger partial charge in [0, 0.05) is 19.2 Å². The molecule has 0 spiro atoms. The molecule has 1 aromatic rings. The SMILES string of the molecule is CCOC(=O)CCN(C)C(=O)c1cc(C)cc(C)c1. The normalized spacial score (nSPS) is 10.1. The van der Waals surface area contributed by atoms with Crippen molar-refractivity contribution in [1.29, 1.82) is 0 Å². The highest BCUT2D eigenvalue weighted by molar-refractivity contribution is 5.94. The van der Waals surface area contributed by atoms with Gasteiger partial charge in [-0.2, -0.15) is 0 Å². The van der Waals surface area contributed by atoms with E-state index in [1.54, 1.807) is 18.9 Å². The molecule has 1 amide bonds. The lowest BCUT2D eigenvalue weighted by molar-refractivity contribution is -0.143. The van der Waals surface area contributed by atoms with Crippen molar-refractivity contribution in [1.82, 2.24) is 4.90 Å². The van der Waals surface area contributed by atoms with E-state index in [0.717, 1.165) is 11.1 Å². The number of nitrogens with zero attached hydrogens (tertiary/aromatic N) is 1. The predicted octanol–water partition coefficient (Wildman–Crippen LogP) is 2.33. The van der Waals surface area contributed by atoms with Gasteiger partial charge in [-0.3, -0.25) is 9.59 Å². The van der Waals surface area contributed by atoms with E-state index in [1.807, 2.05) is 32.0 Å². The number of benzene rings is 1. The molecule has 0 saturated carbocycles. The van der Waals surface area contributed by atoms with Crippen LogP contribution in [0.25, 0.3) is 0 Å². The van der Waals surface area contributed by atoms with E-state index in [1.165, 1.54) is 0 Å². The summed E-state index contributed by atoms with van der Waals surface area (Å²) in [5.41, 5.74) is 2.77. The first-order valence-electron chi connectivity index (χ1n) is 6.43. The van der Waals surface area contributed by atoms with E-state index in [9.17, 15) is 9.59 Å². The van der Waals surface area contributed by atoms with Gasteiger partial charge in [0.05, 0.1) is 13.0 Å². The molecule has 104 valence electrons. The van der Waals surface area contributed by atoms with Gasteiger partial charge in [0.25, 0.3) is 5.91 Å². The van der Waals surface area contributed by atoms with Gasteiger partial charge in [-0.05, 0) is 32.9 Å². The quantitative estimate of drug-likeness (QED) is 0.766. The standard InChI is InChI=1S/C15H21NO3/c1-5-19-14(17)6-7-16(4)15(18)13-9-11(2)8-12(3)10-13/h8-10H,5-7H2,1-4H3. The summed E-state index contributed by atoms with van der Waals surface area (Å²) in [5.74, 6) is -0.348. The zero-order valence-electron chi connectivity index (χ0n) is 12.0. The Labute approximate surface area is 114 Å². The number of aryl methyl sites for hydroxylation is 2. The Balaban J connectivity index is 2.63. The van der Waals surface area contributed by atoms with Gasteiger partial charge < -0.3 is 9.64 Å². The molecule has 0 aliphatic carbocycles. The Morgan fingerprint density at radius 1 is 1.16 bits per heavy atom. The van der Waals surface area contributed by atoms with Crippen LogP contribution in [0.15, 0.2) is 18.2 Å². The number of carbonyl (C=O) groups excluding carboxylic acids is 2. The molecule has 0 N–H and O–H groups in total. The molecule has 0 atom stereocenters. The van der Waals surface area contributed by atoms with Gasteiger partial charge in [0.2, 0.25) is 0 Å². The van der Waals surface area contributed by atoms with E-state index in [2.05, 4.69) is 0 Å². The summed E-state index contributed by atoms with van der Waals surface area (Å²) in [6, 6.07) is 5.74. The van der Waals surface area contributed by atoms with Crippen molar-refractivity contribution < 1.29 is 14.3 Å². The highest BCUT2D eigenvalue weighted by Gasteiger charge is 2.13. The lowest BCUT2D eigenvalue weighted by Crippen LogP contribution is -2.29. The maximum Gasteiger partial charge on any atom is 0.307 e. The molecule has 1 rings (SSSR count). The van der Waals surface area contributed by atoms with Crippen LogP contribution in [0.4, 0.5) is 0 Å². The topological polar surface area (TPSA) is 46.6 Å². The van der Waals surface area contributed by atoms with Crippen molar-refractivity contribution in [2.24, 2.45) is 0 Å². The monoisotopic (exact) mass is 263 g/mol. The number of esters is 1. The number of carbonyl (C=O) groups is 2. The first-order chi connectivity index (χ1) is 8.93. The van der Waals surface area contributed by atoms with Crippen LogP contribution < -0.4 is 0 Å². The molecule has 4 nitrogen and oxygen atoms in total. The van der Waals surface area contributed by atoms with E-state index in [-0.39, 0.29) is 18.3 Å². The zero-order valence-corrected chi connectivity index (χ0v) is 12.0. The third-order valence-electron chi connectivity index (χ3n) is 2.77. The van der Waals surface area contributed by atoms with Crippen molar-refractivity contribution in [2.45, 2.75) is 27.2 Å². The Kier molecular flexibility index (Phi) is 5.55. The van der Waals surface area contributed by atoms with Gasteiger partial charge in [0.15, 0.2) is 0 Å². The van der Waals surface area contributed by atoms with Crippen LogP contribution in [0.2, 0.25) is 0 Å². The van der Waals surface area contributed by atoms with Crippen molar-refractivity contribution >= 4 is 11.9 Å². The fraction of sp³-hybridized carbons (Fsp3) is 0.467. The molecule has 0 heterocycles. The van der Waals surface area contributed by atoms with E-state index in [4.69, 9.17) is 4.74 Å². The molecule has 0 fully saturated rings. The van der Waals surface area contributed by atoms with E-state index >= 15 is 0 Å². The summed E-state index contributed by atoms with van der Waals surface area (Å²) in [6.07, 6.45) is 0.223. The summed E-state index contributed by atoms with van der Waals surface area (Å²) in [6.45, 7) is 6.42. The summed E-state index contributed by atoms with van der Waals surface area (Å²) in [5, 5.41) is 0. The molecule has 19 heavy (non-hydrogen) atoms. The maximum absolute atomic E-state index is 12.2. The van der Waals surface area contributed by atoms with Crippen LogP contribution in [0, 0.1) is 13.8 Å². The van der Waals surface area contributed by atoms with Crippen molar-refractivity contribution in [3.8, 4) is 0 Å². The summed E-state index contributed by atoms with van der Waals surface area (Å²) >= 11 is 0. The molecule has 1 aromatic carbocycles. The van der Waals surface area contributed by atoms with Crippen LogP contribution in [0.3, 0.4) is 0 Å². The number of amides is 1. The maximum atomic E-state index is 12.2.